The molecule has 7 rings (SSSR count). The van der Waals surface area contributed by atoms with Gasteiger partial charge in [0.2, 0.25) is 5.69 Å². The molecular formula is C49H56ClIN2O3. The molecule has 2 aliphatic heterocycles. The van der Waals surface area contributed by atoms with Gasteiger partial charge in [0.25, 0.3) is 0 Å². The molecule has 4 aromatic carbocycles. The molecule has 56 heavy (non-hydrogen) atoms. The number of ether oxygens (including phenoxy) is 2. The summed E-state index contributed by atoms with van der Waals surface area (Å²) in [6.07, 6.45) is 10.3. The number of likely N-dealkylation sites (N-methyl/N-ethyl adjacent to an activating group) is 1. The summed E-state index contributed by atoms with van der Waals surface area (Å²) in [6, 6.07) is 22.1. The summed E-state index contributed by atoms with van der Waals surface area (Å²) < 4.78 is 13.4. The van der Waals surface area contributed by atoms with E-state index in [0.29, 0.717) is 12.8 Å². The topological polar surface area (TPSA) is 41.8 Å². The van der Waals surface area contributed by atoms with Crippen LogP contribution in [-0.4, -0.2) is 43.6 Å². The van der Waals surface area contributed by atoms with Crippen LogP contribution < -0.4 is 33.6 Å². The van der Waals surface area contributed by atoms with Crippen LogP contribution in [0.5, 0.6) is 5.75 Å². The van der Waals surface area contributed by atoms with Crippen molar-refractivity contribution in [3.8, 4) is 5.75 Å². The molecule has 1 atom stereocenters. The van der Waals surface area contributed by atoms with Gasteiger partial charge < -0.3 is 38.4 Å². The standard InChI is InChI=1S/C49H56ClN2O3.HI/c1-12-51-39-22-15-31-26-30(3)14-20-37(31)43(39)48(6,7)41(51)24-17-33-27-35(47(4,5)46(53)55-11)28-34(45(33)50)18-25-42-49(8,9)44-38-21-19-36(54-10)29-32(38)16-23-40(44)52(42)13-2;/h14-26,29,35H,12-13,27-28H2,1-11H3;1H/q+1;/p-1. The van der Waals surface area contributed by atoms with Crippen molar-refractivity contribution < 1.29 is 42.8 Å². The molecule has 0 amide bonds. The van der Waals surface area contributed by atoms with Gasteiger partial charge in [-0.1, -0.05) is 73.5 Å². The molecule has 7 heteroatoms. The molecule has 0 bridgehead atoms. The summed E-state index contributed by atoms with van der Waals surface area (Å²) in [5, 5.41) is 5.73. The Kier molecular flexibility index (Phi) is 11.5. The number of carbonyl (C=O) groups is 1. The number of fused-ring (bicyclic) bond motifs is 6. The highest BCUT2D eigenvalue weighted by Gasteiger charge is 2.46. The SMILES string of the molecule is CCN1C(=CC=C2CC(C(C)(C)C(=O)OC)CC(C=CC3=[N+](CC)c4ccc5cc(C)ccc5c4C3(C)C)=C2Cl)C(C)(C)c2c1ccc1cc(OC)ccc21.[I-]. The number of anilines is 1. The number of esters is 1. The number of hydrogen-bond acceptors (Lipinski definition) is 4. The fraction of sp³-hybridized carbons (Fsp3) is 0.388. The normalized spacial score (nSPS) is 20.4. The predicted molar refractivity (Wildman–Crippen MR) is 230 cm³/mol. The molecule has 294 valence electrons. The smallest absolute Gasteiger partial charge is 0.311 e. The van der Waals surface area contributed by atoms with Crippen LogP contribution in [0.25, 0.3) is 21.5 Å². The number of nitrogens with zero attached hydrogens (tertiary/aromatic N) is 2. The molecule has 0 aromatic heterocycles. The Morgan fingerprint density at radius 3 is 2.25 bits per heavy atom. The zero-order valence-corrected chi connectivity index (χ0v) is 37.8. The minimum Gasteiger partial charge on any atom is -1.00 e. The molecule has 0 N–H and O–H groups in total. The van der Waals surface area contributed by atoms with Crippen LogP contribution in [0.1, 0.15) is 84.9 Å². The zero-order valence-electron chi connectivity index (χ0n) is 34.9. The van der Waals surface area contributed by atoms with Gasteiger partial charge in [-0.05, 0) is 136 Å². The van der Waals surface area contributed by atoms with E-state index < -0.39 is 5.41 Å². The molecule has 1 unspecified atom stereocenters. The Bertz CT molecular complexity index is 2410. The molecule has 0 radical (unpaired) electrons. The van der Waals surface area contributed by atoms with E-state index in [1.165, 1.54) is 68.1 Å². The van der Waals surface area contributed by atoms with Crippen LogP contribution in [0.3, 0.4) is 0 Å². The zero-order chi connectivity index (χ0) is 39.6. The lowest BCUT2D eigenvalue weighted by atomic mass is 9.69. The third kappa shape index (κ3) is 6.72. The molecule has 0 saturated carbocycles. The minimum atomic E-state index is -0.710. The number of benzene rings is 4. The highest BCUT2D eigenvalue weighted by Crippen LogP contribution is 2.52. The number of halogens is 2. The van der Waals surface area contributed by atoms with Crippen molar-refractivity contribution in [2.75, 3.05) is 32.2 Å². The van der Waals surface area contributed by atoms with Crippen LogP contribution in [0, 0.1) is 18.3 Å². The first kappa shape index (κ1) is 41.7. The molecular weight excluding hydrogens is 827 g/mol. The lowest BCUT2D eigenvalue weighted by Crippen LogP contribution is -3.00. The van der Waals surface area contributed by atoms with E-state index >= 15 is 0 Å². The maximum Gasteiger partial charge on any atom is 0.311 e. The maximum absolute atomic E-state index is 13.3. The average Bonchev–Trinajstić information content (AvgIpc) is 3.53. The third-order valence-corrected chi connectivity index (χ3v) is 13.3. The van der Waals surface area contributed by atoms with E-state index in [9.17, 15) is 4.79 Å². The first-order valence-electron chi connectivity index (χ1n) is 19.7. The fourth-order valence-corrected chi connectivity index (χ4v) is 9.94. The van der Waals surface area contributed by atoms with Crippen molar-refractivity contribution >= 4 is 56.2 Å². The first-order valence-corrected chi connectivity index (χ1v) is 20.1. The Morgan fingerprint density at radius 1 is 0.893 bits per heavy atom. The van der Waals surface area contributed by atoms with Gasteiger partial charge in [-0.2, -0.15) is 4.58 Å². The van der Waals surface area contributed by atoms with Crippen LogP contribution in [0.4, 0.5) is 11.4 Å². The lowest BCUT2D eigenvalue weighted by molar-refractivity contribution is -0.433. The minimum absolute atomic E-state index is 0. The summed E-state index contributed by atoms with van der Waals surface area (Å²) >= 11 is 7.48. The monoisotopic (exact) mass is 882 g/mol. The number of allylic oxidation sites excluding steroid dienone is 8. The van der Waals surface area contributed by atoms with Gasteiger partial charge in [0.05, 0.1) is 25.0 Å². The second kappa shape index (κ2) is 15.5. The van der Waals surface area contributed by atoms with Gasteiger partial charge in [0.1, 0.15) is 12.3 Å². The molecule has 4 aromatic rings. The largest absolute Gasteiger partial charge is 1.00 e. The van der Waals surface area contributed by atoms with Crippen molar-refractivity contribution in [2.45, 2.75) is 86.0 Å². The molecule has 2 heterocycles. The number of rotatable bonds is 8. The van der Waals surface area contributed by atoms with E-state index in [1.54, 1.807) is 7.11 Å². The van der Waals surface area contributed by atoms with E-state index in [2.05, 4.69) is 143 Å². The third-order valence-electron chi connectivity index (χ3n) is 12.8. The average molecular weight is 883 g/mol. The van der Waals surface area contributed by atoms with E-state index in [0.717, 1.165) is 35.0 Å². The Labute approximate surface area is 355 Å². The van der Waals surface area contributed by atoms with Crippen molar-refractivity contribution in [1.82, 2.24) is 0 Å². The Balaban J connectivity index is 0.00000532. The van der Waals surface area contributed by atoms with Gasteiger partial charge in [0, 0.05) is 46.1 Å². The van der Waals surface area contributed by atoms with E-state index in [1.807, 2.05) is 13.8 Å². The summed E-state index contributed by atoms with van der Waals surface area (Å²) in [5.74, 6) is 0.648. The summed E-state index contributed by atoms with van der Waals surface area (Å²) in [6.45, 7) is 21.6. The number of methoxy groups -OCH3 is 2. The molecule has 5 nitrogen and oxygen atoms in total. The van der Waals surface area contributed by atoms with Crippen molar-refractivity contribution in [2.24, 2.45) is 11.3 Å². The van der Waals surface area contributed by atoms with Crippen molar-refractivity contribution in [3.63, 3.8) is 0 Å². The lowest BCUT2D eigenvalue weighted by Gasteiger charge is -2.36. The van der Waals surface area contributed by atoms with Crippen molar-refractivity contribution in [3.05, 3.63) is 124 Å². The van der Waals surface area contributed by atoms with Crippen molar-refractivity contribution in [1.29, 1.82) is 0 Å². The second-order valence-corrected chi connectivity index (χ2v) is 17.5. The van der Waals surface area contributed by atoms with Gasteiger partial charge in [-0.15, -0.1) is 0 Å². The van der Waals surface area contributed by atoms with Crippen LogP contribution >= 0.6 is 11.6 Å². The van der Waals surface area contributed by atoms with Crippen LogP contribution in [-0.2, 0) is 20.4 Å². The number of aryl methyl sites for hydroxylation is 1. The van der Waals surface area contributed by atoms with Gasteiger partial charge in [-0.3, -0.25) is 4.79 Å². The molecule has 0 spiro atoms. The summed E-state index contributed by atoms with van der Waals surface area (Å²) in [7, 11) is 3.20. The Morgan fingerprint density at radius 2 is 1.57 bits per heavy atom. The fourth-order valence-electron chi connectivity index (χ4n) is 9.66. The number of carbonyl (C=O) groups excluding carboxylic acids is 1. The molecule has 0 fully saturated rings. The van der Waals surface area contributed by atoms with Gasteiger partial charge >= 0.3 is 5.97 Å². The Hall–Kier alpha value is -3.88. The summed E-state index contributed by atoms with van der Waals surface area (Å²) in [4.78, 5) is 15.7. The van der Waals surface area contributed by atoms with Crippen LogP contribution in [0.15, 0.2) is 107 Å². The van der Waals surface area contributed by atoms with Crippen LogP contribution in [0.2, 0.25) is 0 Å². The molecule has 1 aliphatic carbocycles. The van der Waals surface area contributed by atoms with Gasteiger partial charge in [-0.25, -0.2) is 0 Å². The highest BCUT2D eigenvalue weighted by atomic mass is 127. The highest BCUT2D eigenvalue weighted by molar-refractivity contribution is 6.32. The number of hydrogen-bond donors (Lipinski definition) is 0. The predicted octanol–water partition coefficient (Wildman–Crippen LogP) is 9.00. The second-order valence-electron chi connectivity index (χ2n) is 17.1. The maximum atomic E-state index is 13.3. The first-order chi connectivity index (χ1) is 26.1. The quantitative estimate of drug-likeness (QED) is 0.101. The molecule has 3 aliphatic rings. The van der Waals surface area contributed by atoms with Gasteiger partial charge in [0.15, 0.2) is 5.71 Å². The van der Waals surface area contributed by atoms with E-state index in [4.69, 9.17) is 21.1 Å². The van der Waals surface area contributed by atoms with E-state index in [-0.39, 0.29) is 46.7 Å². The molecule has 0 saturated heterocycles. The summed E-state index contributed by atoms with van der Waals surface area (Å²) in [5.41, 5.74) is 9.77.